The Hall–Kier alpha value is -2.34. The quantitative estimate of drug-likeness (QED) is 0.704. The molecular formula is C19H23NO4S. The number of carbonyl (C=O) groups excluding carboxylic acids is 1. The zero-order valence-electron chi connectivity index (χ0n) is 14.7. The topological polar surface area (TPSA) is 63.7 Å². The van der Waals surface area contributed by atoms with Gasteiger partial charge in [0.2, 0.25) is 0 Å². The predicted molar refractivity (Wildman–Crippen MR) is 98.4 cm³/mol. The fourth-order valence-electron chi connectivity index (χ4n) is 2.53. The van der Waals surface area contributed by atoms with E-state index in [0.29, 0.717) is 17.8 Å². The SMILES string of the molecule is CCCCN(c1ccccc1)S(=O)(=O)c1cc(C(=O)OC)ccc1C. The van der Waals surface area contributed by atoms with Gasteiger partial charge >= 0.3 is 5.97 Å². The van der Waals surface area contributed by atoms with Crippen molar-refractivity contribution >= 4 is 21.7 Å². The van der Waals surface area contributed by atoms with Gasteiger partial charge in [0, 0.05) is 6.54 Å². The van der Waals surface area contributed by atoms with Gasteiger partial charge in [0.1, 0.15) is 0 Å². The molecule has 0 saturated carbocycles. The van der Waals surface area contributed by atoms with Crippen LogP contribution in [-0.4, -0.2) is 28.0 Å². The van der Waals surface area contributed by atoms with Crippen molar-refractivity contribution in [1.82, 2.24) is 0 Å². The molecule has 6 heteroatoms. The van der Waals surface area contributed by atoms with E-state index in [1.54, 1.807) is 31.2 Å². The lowest BCUT2D eigenvalue weighted by atomic mass is 10.1. The number of unbranched alkanes of at least 4 members (excludes halogenated alkanes) is 1. The highest BCUT2D eigenvalue weighted by molar-refractivity contribution is 7.92. The maximum atomic E-state index is 13.3. The summed E-state index contributed by atoms with van der Waals surface area (Å²) < 4.78 is 32.7. The molecule has 0 radical (unpaired) electrons. The Morgan fingerprint density at radius 3 is 2.40 bits per heavy atom. The molecule has 25 heavy (non-hydrogen) atoms. The first kappa shape index (κ1) is 19.0. The first-order valence-corrected chi connectivity index (χ1v) is 9.62. The number of hydrogen-bond acceptors (Lipinski definition) is 4. The Morgan fingerprint density at radius 2 is 1.80 bits per heavy atom. The van der Waals surface area contributed by atoms with E-state index in [9.17, 15) is 13.2 Å². The van der Waals surface area contributed by atoms with Crippen LogP contribution in [0.5, 0.6) is 0 Å². The second kappa shape index (κ2) is 8.16. The first-order chi connectivity index (χ1) is 11.9. The molecule has 0 spiro atoms. The summed E-state index contributed by atoms with van der Waals surface area (Å²) in [7, 11) is -2.52. The van der Waals surface area contributed by atoms with Crippen LogP contribution >= 0.6 is 0 Å². The summed E-state index contributed by atoms with van der Waals surface area (Å²) in [6.45, 7) is 4.11. The average molecular weight is 361 g/mol. The minimum Gasteiger partial charge on any atom is -0.465 e. The van der Waals surface area contributed by atoms with Crippen LogP contribution in [0.3, 0.4) is 0 Å². The van der Waals surface area contributed by atoms with Crippen LogP contribution in [0.4, 0.5) is 5.69 Å². The van der Waals surface area contributed by atoms with Crippen LogP contribution in [0.25, 0.3) is 0 Å². The lowest BCUT2D eigenvalue weighted by Crippen LogP contribution is -2.32. The van der Waals surface area contributed by atoms with Crippen molar-refractivity contribution in [2.24, 2.45) is 0 Å². The molecular weight excluding hydrogens is 338 g/mol. The van der Waals surface area contributed by atoms with Crippen molar-refractivity contribution in [3.05, 3.63) is 59.7 Å². The molecule has 0 aliphatic rings. The number of rotatable bonds is 7. The molecule has 0 aromatic heterocycles. The van der Waals surface area contributed by atoms with E-state index in [2.05, 4.69) is 0 Å². The number of hydrogen-bond donors (Lipinski definition) is 0. The van der Waals surface area contributed by atoms with Gasteiger partial charge in [-0.25, -0.2) is 13.2 Å². The molecule has 0 amide bonds. The highest BCUT2D eigenvalue weighted by atomic mass is 32.2. The number of esters is 1. The normalized spacial score (nSPS) is 11.2. The number of carbonyl (C=O) groups is 1. The minimum absolute atomic E-state index is 0.121. The Kier molecular flexibility index (Phi) is 6.20. The molecule has 134 valence electrons. The van der Waals surface area contributed by atoms with Gasteiger partial charge in [0.05, 0.1) is 23.3 Å². The van der Waals surface area contributed by atoms with Crippen LogP contribution < -0.4 is 4.31 Å². The Bertz CT molecular complexity index is 832. The van der Waals surface area contributed by atoms with Crippen molar-refractivity contribution in [1.29, 1.82) is 0 Å². The van der Waals surface area contributed by atoms with Gasteiger partial charge in [-0.15, -0.1) is 0 Å². The summed E-state index contributed by atoms with van der Waals surface area (Å²) in [5, 5.41) is 0. The van der Waals surface area contributed by atoms with Crippen molar-refractivity contribution in [3.8, 4) is 0 Å². The maximum Gasteiger partial charge on any atom is 0.337 e. The van der Waals surface area contributed by atoms with Gasteiger partial charge in [-0.1, -0.05) is 37.6 Å². The van der Waals surface area contributed by atoms with Crippen molar-refractivity contribution in [2.75, 3.05) is 18.0 Å². The summed E-state index contributed by atoms with van der Waals surface area (Å²) in [6, 6.07) is 13.6. The van der Waals surface area contributed by atoms with Crippen LogP contribution in [0.2, 0.25) is 0 Å². The smallest absolute Gasteiger partial charge is 0.337 e. The maximum absolute atomic E-state index is 13.3. The van der Waals surface area contributed by atoms with E-state index >= 15 is 0 Å². The molecule has 0 saturated heterocycles. The lowest BCUT2D eigenvalue weighted by Gasteiger charge is -2.25. The first-order valence-electron chi connectivity index (χ1n) is 8.18. The van der Waals surface area contributed by atoms with Crippen LogP contribution in [0.1, 0.15) is 35.7 Å². The third-order valence-corrected chi connectivity index (χ3v) is 5.91. The Labute approximate surface area is 149 Å². The molecule has 2 aromatic carbocycles. The number of anilines is 1. The standard InChI is InChI=1S/C19H23NO4S/c1-4-5-13-20(17-9-7-6-8-10-17)25(22,23)18-14-16(19(21)24-3)12-11-15(18)2/h6-12,14H,4-5,13H2,1-3H3. The van der Waals surface area contributed by atoms with Gasteiger partial charge in [0.15, 0.2) is 0 Å². The number of methoxy groups -OCH3 is 1. The molecule has 0 aliphatic heterocycles. The molecule has 0 bridgehead atoms. The molecule has 2 rings (SSSR count). The fourth-order valence-corrected chi connectivity index (χ4v) is 4.28. The Morgan fingerprint density at radius 1 is 1.12 bits per heavy atom. The number of benzene rings is 2. The Balaban J connectivity index is 2.55. The highest BCUT2D eigenvalue weighted by Crippen LogP contribution is 2.27. The molecule has 5 nitrogen and oxygen atoms in total. The summed E-state index contributed by atoms with van der Waals surface area (Å²) in [4.78, 5) is 11.9. The number of sulfonamides is 1. The van der Waals surface area contributed by atoms with Crippen LogP contribution in [0.15, 0.2) is 53.4 Å². The molecule has 0 atom stereocenters. The average Bonchev–Trinajstić information content (AvgIpc) is 2.62. The van der Waals surface area contributed by atoms with E-state index in [1.165, 1.54) is 17.5 Å². The fraction of sp³-hybridized carbons (Fsp3) is 0.316. The van der Waals surface area contributed by atoms with Crippen molar-refractivity contribution in [2.45, 2.75) is 31.6 Å². The van der Waals surface area contributed by atoms with E-state index in [1.807, 2.05) is 25.1 Å². The predicted octanol–water partition coefficient (Wildman–Crippen LogP) is 3.78. The summed E-state index contributed by atoms with van der Waals surface area (Å²) in [5.41, 5.74) is 1.42. The highest BCUT2D eigenvalue weighted by Gasteiger charge is 2.27. The van der Waals surface area contributed by atoms with Crippen molar-refractivity contribution in [3.63, 3.8) is 0 Å². The summed E-state index contributed by atoms with van der Waals surface area (Å²) in [5.74, 6) is -0.559. The van der Waals surface area contributed by atoms with Crippen LogP contribution in [0, 0.1) is 6.92 Å². The minimum atomic E-state index is -3.80. The van der Waals surface area contributed by atoms with E-state index < -0.39 is 16.0 Å². The largest absolute Gasteiger partial charge is 0.465 e. The molecule has 0 fully saturated rings. The monoisotopic (exact) mass is 361 g/mol. The molecule has 0 heterocycles. The molecule has 2 aromatic rings. The van der Waals surface area contributed by atoms with Gasteiger partial charge in [0.25, 0.3) is 10.0 Å². The summed E-state index contributed by atoms with van der Waals surface area (Å²) in [6.07, 6.45) is 1.61. The van der Waals surface area contributed by atoms with E-state index in [-0.39, 0.29) is 10.5 Å². The zero-order valence-corrected chi connectivity index (χ0v) is 15.5. The molecule has 0 N–H and O–H groups in total. The third kappa shape index (κ3) is 4.20. The number of para-hydroxylation sites is 1. The molecule has 0 aliphatic carbocycles. The van der Waals surface area contributed by atoms with Gasteiger partial charge < -0.3 is 4.74 Å². The zero-order chi connectivity index (χ0) is 18.4. The van der Waals surface area contributed by atoms with E-state index in [4.69, 9.17) is 4.74 Å². The summed E-state index contributed by atoms with van der Waals surface area (Å²) >= 11 is 0. The van der Waals surface area contributed by atoms with Gasteiger partial charge in [-0.2, -0.15) is 0 Å². The number of nitrogens with zero attached hydrogens (tertiary/aromatic N) is 1. The number of ether oxygens (including phenoxy) is 1. The lowest BCUT2D eigenvalue weighted by molar-refractivity contribution is 0.0600. The molecule has 0 unspecified atom stereocenters. The number of aryl methyl sites for hydroxylation is 1. The second-order valence-electron chi connectivity index (χ2n) is 5.74. The third-order valence-electron chi connectivity index (χ3n) is 3.94. The van der Waals surface area contributed by atoms with Crippen molar-refractivity contribution < 1.29 is 17.9 Å². The van der Waals surface area contributed by atoms with Crippen LogP contribution in [-0.2, 0) is 14.8 Å². The van der Waals surface area contributed by atoms with Gasteiger partial charge in [-0.05, 0) is 43.2 Å². The second-order valence-corrected chi connectivity index (χ2v) is 7.57. The van der Waals surface area contributed by atoms with E-state index in [0.717, 1.165) is 12.8 Å². The van der Waals surface area contributed by atoms with Gasteiger partial charge in [-0.3, -0.25) is 4.31 Å².